The van der Waals surface area contributed by atoms with E-state index in [-0.39, 0.29) is 5.82 Å². The summed E-state index contributed by atoms with van der Waals surface area (Å²) in [6, 6.07) is 5.56. The molecule has 4 heteroatoms. The van der Waals surface area contributed by atoms with Gasteiger partial charge in [-0.15, -0.1) is 0 Å². The highest BCUT2D eigenvalue weighted by Crippen LogP contribution is 2.20. The molecule has 1 N–H and O–H groups in total. The van der Waals surface area contributed by atoms with Gasteiger partial charge in [-0.2, -0.15) is 0 Å². The lowest BCUT2D eigenvalue weighted by molar-refractivity contribution is 0.392. The summed E-state index contributed by atoms with van der Waals surface area (Å²) < 4.78 is 15.7. The molecule has 0 aliphatic carbocycles. The Kier molecular flexibility index (Phi) is 3.04. The van der Waals surface area contributed by atoms with E-state index in [0.717, 1.165) is 24.3 Å². The molecule has 2 aromatic rings. The van der Waals surface area contributed by atoms with Crippen LogP contribution < -0.4 is 5.32 Å². The molecule has 18 heavy (non-hydrogen) atoms. The zero-order valence-electron chi connectivity index (χ0n) is 10.6. The number of halogens is 1. The smallest absolute Gasteiger partial charge is 0.149 e. The summed E-state index contributed by atoms with van der Waals surface area (Å²) in [5.74, 6) is 0.778. The van der Waals surface area contributed by atoms with Crippen LogP contribution in [0.4, 0.5) is 4.39 Å². The number of benzene rings is 1. The largest absolute Gasteiger partial charge is 0.329 e. The van der Waals surface area contributed by atoms with Crippen LogP contribution in [-0.2, 0) is 13.5 Å². The normalized spacial score (nSPS) is 20.4. The second-order valence-corrected chi connectivity index (χ2v) is 5.05. The molecule has 0 amide bonds. The summed E-state index contributed by atoms with van der Waals surface area (Å²) in [5, 5.41) is 3.51. The maximum Gasteiger partial charge on any atom is 0.149 e. The third kappa shape index (κ3) is 2.01. The Hall–Kier alpha value is -1.42. The third-order valence-electron chi connectivity index (χ3n) is 3.78. The van der Waals surface area contributed by atoms with E-state index in [0.29, 0.717) is 11.6 Å². The van der Waals surface area contributed by atoms with Crippen molar-refractivity contribution in [3.8, 4) is 0 Å². The van der Waals surface area contributed by atoms with E-state index in [1.54, 1.807) is 6.07 Å². The molecule has 0 radical (unpaired) electrons. The van der Waals surface area contributed by atoms with Crippen LogP contribution in [0.25, 0.3) is 11.0 Å². The molecule has 1 aliphatic heterocycles. The van der Waals surface area contributed by atoms with Gasteiger partial charge in [-0.3, -0.25) is 0 Å². The number of rotatable bonds is 2. The molecule has 3 nitrogen and oxygen atoms in total. The Morgan fingerprint density at radius 3 is 3.06 bits per heavy atom. The summed E-state index contributed by atoms with van der Waals surface area (Å²) in [6.45, 7) is 1.09. The lowest BCUT2D eigenvalue weighted by Gasteiger charge is -2.23. The maximum absolute atomic E-state index is 13.8. The first-order chi connectivity index (χ1) is 8.75. The van der Waals surface area contributed by atoms with Crippen molar-refractivity contribution in [2.45, 2.75) is 31.7 Å². The molecule has 1 atom stereocenters. The van der Waals surface area contributed by atoms with E-state index < -0.39 is 0 Å². The van der Waals surface area contributed by atoms with Gasteiger partial charge in [-0.25, -0.2) is 9.37 Å². The second kappa shape index (κ2) is 4.69. The van der Waals surface area contributed by atoms with Crippen LogP contribution in [0.2, 0.25) is 0 Å². The molecule has 0 saturated carbocycles. The summed E-state index contributed by atoms with van der Waals surface area (Å²) in [5.41, 5.74) is 1.37. The predicted octanol–water partition coefficient (Wildman–Crippen LogP) is 2.40. The fourth-order valence-electron chi connectivity index (χ4n) is 2.77. The van der Waals surface area contributed by atoms with Crippen LogP contribution >= 0.6 is 0 Å². The summed E-state index contributed by atoms with van der Waals surface area (Å²) >= 11 is 0. The number of nitrogens with one attached hydrogen (secondary N) is 1. The predicted molar refractivity (Wildman–Crippen MR) is 70.0 cm³/mol. The van der Waals surface area contributed by atoms with Gasteiger partial charge in [0, 0.05) is 19.5 Å². The zero-order valence-corrected chi connectivity index (χ0v) is 10.6. The van der Waals surface area contributed by atoms with Crippen LogP contribution in [0.15, 0.2) is 18.2 Å². The number of piperidine rings is 1. The minimum atomic E-state index is -0.189. The van der Waals surface area contributed by atoms with Gasteiger partial charge >= 0.3 is 0 Å². The van der Waals surface area contributed by atoms with Crippen molar-refractivity contribution in [1.82, 2.24) is 14.9 Å². The van der Waals surface area contributed by atoms with Crippen molar-refractivity contribution in [2.24, 2.45) is 7.05 Å². The number of para-hydroxylation sites is 1. The number of imidazole rings is 1. The molecule has 2 heterocycles. The number of aromatic nitrogens is 2. The summed E-state index contributed by atoms with van der Waals surface area (Å²) in [7, 11) is 1.90. The lowest BCUT2D eigenvalue weighted by Crippen LogP contribution is -2.36. The van der Waals surface area contributed by atoms with Gasteiger partial charge in [-0.1, -0.05) is 12.5 Å². The number of aryl methyl sites for hydroxylation is 1. The van der Waals surface area contributed by atoms with Gasteiger partial charge in [0.1, 0.15) is 17.2 Å². The van der Waals surface area contributed by atoms with E-state index in [9.17, 15) is 4.39 Å². The topological polar surface area (TPSA) is 29.9 Å². The van der Waals surface area contributed by atoms with Crippen molar-refractivity contribution in [3.05, 3.63) is 29.8 Å². The minimum Gasteiger partial charge on any atom is -0.329 e. The number of hydrogen-bond donors (Lipinski definition) is 1. The van der Waals surface area contributed by atoms with Crippen molar-refractivity contribution in [1.29, 1.82) is 0 Å². The highest BCUT2D eigenvalue weighted by atomic mass is 19.1. The second-order valence-electron chi connectivity index (χ2n) is 5.05. The molecule has 96 valence electrons. The van der Waals surface area contributed by atoms with E-state index in [1.165, 1.54) is 25.3 Å². The Bertz CT molecular complexity index is 555. The standard InChI is InChI=1S/C14H18FN3/c1-18-13(9-10-5-2-3-8-16-10)17-12-7-4-6-11(15)14(12)18/h4,6-7,10,16H,2-3,5,8-9H2,1H3. The van der Waals surface area contributed by atoms with Crippen LogP contribution in [0.5, 0.6) is 0 Å². The Balaban J connectivity index is 1.92. The SMILES string of the molecule is Cn1c(CC2CCCCN2)nc2cccc(F)c21. The first-order valence-electron chi connectivity index (χ1n) is 6.59. The third-order valence-corrected chi connectivity index (χ3v) is 3.78. The first-order valence-corrected chi connectivity index (χ1v) is 6.59. The number of nitrogens with zero attached hydrogens (tertiary/aromatic N) is 2. The fraction of sp³-hybridized carbons (Fsp3) is 0.500. The molecule has 1 aromatic heterocycles. The number of hydrogen-bond acceptors (Lipinski definition) is 2. The average molecular weight is 247 g/mol. The van der Waals surface area contributed by atoms with Crippen molar-refractivity contribution in [3.63, 3.8) is 0 Å². The lowest BCUT2D eigenvalue weighted by atomic mass is 10.0. The van der Waals surface area contributed by atoms with Crippen LogP contribution in [-0.4, -0.2) is 22.1 Å². The average Bonchev–Trinajstić information content (AvgIpc) is 2.69. The molecule has 1 fully saturated rings. The van der Waals surface area contributed by atoms with Crippen LogP contribution in [0, 0.1) is 5.82 Å². The Labute approximate surface area is 106 Å². The van der Waals surface area contributed by atoms with Crippen molar-refractivity contribution in [2.75, 3.05) is 6.54 Å². The molecular weight excluding hydrogens is 229 g/mol. The highest BCUT2D eigenvalue weighted by Gasteiger charge is 2.17. The molecule has 1 aromatic carbocycles. The molecule has 3 rings (SSSR count). The zero-order chi connectivity index (χ0) is 12.5. The summed E-state index contributed by atoms with van der Waals surface area (Å²) in [4.78, 5) is 4.55. The maximum atomic E-state index is 13.8. The van der Waals surface area contributed by atoms with Crippen LogP contribution in [0.3, 0.4) is 0 Å². The summed E-state index contributed by atoms with van der Waals surface area (Å²) in [6.07, 6.45) is 4.60. The van der Waals surface area contributed by atoms with Gasteiger partial charge in [0.25, 0.3) is 0 Å². The van der Waals surface area contributed by atoms with Crippen molar-refractivity contribution < 1.29 is 4.39 Å². The van der Waals surface area contributed by atoms with E-state index in [4.69, 9.17) is 0 Å². The fourth-order valence-corrected chi connectivity index (χ4v) is 2.77. The highest BCUT2D eigenvalue weighted by molar-refractivity contribution is 5.76. The van der Waals surface area contributed by atoms with Gasteiger partial charge in [-0.05, 0) is 31.5 Å². The van der Waals surface area contributed by atoms with E-state index in [1.807, 2.05) is 17.7 Å². The quantitative estimate of drug-likeness (QED) is 0.883. The van der Waals surface area contributed by atoms with E-state index in [2.05, 4.69) is 10.3 Å². The van der Waals surface area contributed by atoms with Gasteiger partial charge in [0.05, 0.1) is 5.52 Å². The number of fused-ring (bicyclic) bond motifs is 1. The molecule has 1 unspecified atom stereocenters. The van der Waals surface area contributed by atoms with Crippen molar-refractivity contribution >= 4 is 11.0 Å². The minimum absolute atomic E-state index is 0.189. The van der Waals surface area contributed by atoms with Gasteiger partial charge < -0.3 is 9.88 Å². The molecule has 0 spiro atoms. The van der Waals surface area contributed by atoms with Gasteiger partial charge in [0.15, 0.2) is 0 Å². The van der Waals surface area contributed by atoms with Gasteiger partial charge in [0.2, 0.25) is 0 Å². The Morgan fingerprint density at radius 1 is 1.44 bits per heavy atom. The molecule has 1 saturated heterocycles. The molecular formula is C14H18FN3. The van der Waals surface area contributed by atoms with Crippen LogP contribution in [0.1, 0.15) is 25.1 Å². The monoisotopic (exact) mass is 247 g/mol. The Morgan fingerprint density at radius 2 is 2.33 bits per heavy atom. The molecule has 1 aliphatic rings. The first kappa shape index (κ1) is 11.7. The molecule has 0 bridgehead atoms. The van der Waals surface area contributed by atoms with E-state index >= 15 is 0 Å².